The van der Waals surface area contributed by atoms with Gasteiger partial charge in [-0.05, 0) is 65.2 Å². The summed E-state index contributed by atoms with van der Waals surface area (Å²) in [6, 6.07) is 16.8. The molecule has 0 saturated carbocycles. The predicted molar refractivity (Wildman–Crippen MR) is 141 cm³/mol. The quantitative estimate of drug-likeness (QED) is 0.130. The van der Waals surface area contributed by atoms with E-state index in [1.807, 2.05) is 44.2 Å². The number of nitrogens with one attached hydrogen (secondary N) is 1. The highest BCUT2D eigenvalue weighted by molar-refractivity contribution is 9.10. The Morgan fingerprint density at radius 3 is 2.67 bits per heavy atom. The molecule has 0 saturated heterocycles. The van der Waals surface area contributed by atoms with E-state index in [4.69, 9.17) is 21.1 Å². The smallest absolute Gasteiger partial charge is 0.271 e. The first-order valence-corrected chi connectivity index (χ1v) is 11.9. The van der Waals surface area contributed by atoms with Crippen LogP contribution in [-0.4, -0.2) is 17.4 Å². The van der Waals surface area contributed by atoms with Crippen molar-refractivity contribution >= 4 is 50.9 Å². The van der Waals surface area contributed by atoms with E-state index in [-0.39, 0.29) is 22.0 Å². The van der Waals surface area contributed by atoms with Crippen LogP contribution in [0.3, 0.4) is 0 Å². The number of benzene rings is 3. The number of nitrogens with zero attached hydrogens (tertiary/aromatic N) is 2. The Morgan fingerprint density at radius 2 is 2.00 bits per heavy atom. The summed E-state index contributed by atoms with van der Waals surface area (Å²) in [5.41, 5.74) is 2.16. The fourth-order valence-electron chi connectivity index (χ4n) is 3.26. The van der Waals surface area contributed by atoms with Crippen molar-refractivity contribution in [2.75, 3.05) is 11.9 Å². The predicted octanol–water partition coefficient (Wildman–Crippen LogP) is 6.84. The molecule has 3 aromatic carbocycles. The molecule has 36 heavy (non-hydrogen) atoms. The summed E-state index contributed by atoms with van der Waals surface area (Å²) in [5.74, 6) is 0.154. The summed E-state index contributed by atoms with van der Waals surface area (Å²) in [4.78, 5) is 23.2. The van der Waals surface area contributed by atoms with Gasteiger partial charge in [0, 0.05) is 12.1 Å². The van der Waals surface area contributed by atoms with Crippen LogP contribution in [0.1, 0.15) is 23.6 Å². The van der Waals surface area contributed by atoms with E-state index in [2.05, 4.69) is 21.2 Å². The molecule has 0 bridgehead atoms. The number of hydrogen-bond acceptors (Lipinski definition) is 6. The molecule has 0 fully saturated rings. The Kier molecular flexibility index (Phi) is 9.06. The zero-order chi connectivity index (χ0) is 26.2. The summed E-state index contributed by atoms with van der Waals surface area (Å²) in [6.07, 6.45) is 1.37. The van der Waals surface area contributed by atoms with Gasteiger partial charge in [-0.25, -0.2) is 0 Å². The molecule has 0 heterocycles. The Hall–Kier alpha value is -3.87. The minimum Gasteiger partial charge on any atom is -0.490 e. The Balaban J connectivity index is 1.87. The van der Waals surface area contributed by atoms with E-state index >= 15 is 0 Å². The normalized spacial score (nSPS) is 10.9. The van der Waals surface area contributed by atoms with Gasteiger partial charge in [0.1, 0.15) is 18.2 Å². The molecule has 0 spiro atoms. The lowest BCUT2D eigenvalue weighted by Crippen LogP contribution is -2.14. The van der Waals surface area contributed by atoms with Gasteiger partial charge in [0.25, 0.3) is 11.6 Å². The van der Waals surface area contributed by atoms with Crippen LogP contribution >= 0.6 is 27.5 Å². The standard InChI is InChI=1S/C26H21BrClN3O5/c1-3-35-24-12-18(11-21(27)25(24)36-15-17-6-4-5-16(2)9-17)10-19(14-29)26(32)30-23-13-20(31(33)34)7-8-22(23)28/h4-13H,3,15H2,1-2H3,(H,30,32)/b19-10+. The molecule has 1 N–H and O–H groups in total. The number of nitro benzene ring substituents is 1. The third kappa shape index (κ3) is 6.84. The van der Waals surface area contributed by atoms with Gasteiger partial charge < -0.3 is 14.8 Å². The Bertz CT molecular complexity index is 1380. The minimum atomic E-state index is -0.770. The minimum absolute atomic E-state index is 0.0214. The number of ether oxygens (including phenoxy) is 2. The lowest BCUT2D eigenvalue weighted by molar-refractivity contribution is -0.384. The van der Waals surface area contributed by atoms with Gasteiger partial charge in [-0.2, -0.15) is 5.26 Å². The van der Waals surface area contributed by atoms with Gasteiger partial charge in [0.05, 0.1) is 26.7 Å². The van der Waals surface area contributed by atoms with E-state index in [9.17, 15) is 20.2 Å². The number of carbonyl (C=O) groups excluding carboxylic acids is 1. The van der Waals surface area contributed by atoms with Crippen molar-refractivity contribution in [2.45, 2.75) is 20.5 Å². The number of anilines is 1. The zero-order valence-corrected chi connectivity index (χ0v) is 21.7. The highest BCUT2D eigenvalue weighted by atomic mass is 79.9. The average Bonchev–Trinajstić information content (AvgIpc) is 2.83. The van der Waals surface area contributed by atoms with Crippen molar-refractivity contribution < 1.29 is 19.2 Å². The molecule has 0 aliphatic heterocycles. The molecule has 0 aliphatic rings. The van der Waals surface area contributed by atoms with Gasteiger partial charge in [-0.1, -0.05) is 41.4 Å². The van der Waals surface area contributed by atoms with E-state index in [1.54, 1.807) is 12.1 Å². The molecule has 0 atom stereocenters. The lowest BCUT2D eigenvalue weighted by Gasteiger charge is -2.15. The topological polar surface area (TPSA) is 114 Å². The number of nitriles is 1. The third-order valence-corrected chi connectivity index (χ3v) is 5.80. The van der Waals surface area contributed by atoms with Gasteiger partial charge >= 0.3 is 0 Å². The molecule has 8 nitrogen and oxygen atoms in total. The molecule has 184 valence electrons. The van der Waals surface area contributed by atoms with Gasteiger partial charge in [-0.15, -0.1) is 0 Å². The van der Waals surface area contributed by atoms with Crippen LogP contribution in [0.15, 0.2) is 64.6 Å². The number of hydrogen-bond donors (Lipinski definition) is 1. The number of non-ortho nitro benzene ring substituents is 1. The number of aryl methyl sites for hydroxylation is 1. The summed E-state index contributed by atoms with van der Waals surface area (Å²) in [7, 11) is 0. The molecule has 3 rings (SSSR count). The number of nitro groups is 1. The molecule has 0 radical (unpaired) electrons. The van der Waals surface area contributed by atoms with Crippen molar-refractivity contribution in [3.05, 3.63) is 96.5 Å². The second kappa shape index (κ2) is 12.2. The molecule has 10 heteroatoms. The molecule has 3 aromatic rings. The molecular formula is C26H21BrClN3O5. The first-order valence-electron chi connectivity index (χ1n) is 10.7. The highest BCUT2D eigenvalue weighted by Crippen LogP contribution is 2.38. The van der Waals surface area contributed by atoms with Crippen molar-refractivity contribution in [3.63, 3.8) is 0 Å². The first kappa shape index (κ1) is 26.7. The van der Waals surface area contributed by atoms with Crippen LogP contribution in [0, 0.1) is 28.4 Å². The molecule has 0 aromatic heterocycles. The molecular weight excluding hydrogens is 550 g/mol. The molecule has 0 unspecified atom stereocenters. The first-order chi connectivity index (χ1) is 17.2. The maximum absolute atomic E-state index is 12.7. The fraction of sp³-hybridized carbons (Fsp3) is 0.154. The SMILES string of the molecule is CCOc1cc(/C=C(\C#N)C(=O)Nc2cc([N+](=O)[O-])ccc2Cl)cc(Br)c1OCc1cccc(C)c1. The Morgan fingerprint density at radius 1 is 1.22 bits per heavy atom. The number of amides is 1. The van der Waals surface area contributed by atoms with Crippen molar-refractivity contribution in [3.8, 4) is 17.6 Å². The van der Waals surface area contributed by atoms with Crippen LogP contribution in [0.5, 0.6) is 11.5 Å². The molecule has 1 amide bonds. The summed E-state index contributed by atoms with van der Waals surface area (Å²) in [6.45, 7) is 4.53. The summed E-state index contributed by atoms with van der Waals surface area (Å²) < 4.78 is 12.3. The van der Waals surface area contributed by atoms with Crippen LogP contribution in [0.2, 0.25) is 5.02 Å². The van der Waals surface area contributed by atoms with Crippen LogP contribution in [-0.2, 0) is 11.4 Å². The van der Waals surface area contributed by atoms with E-state index in [0.29, 0.717) is 34.7 Å². The van der Waals surface area contributed by atoms with E-state index in [1.165, 1.54) is 18.2 Å². The third-order valence-electron chi connectivity index (χ3n) is 4.88. The second-order valence-electron chi connectivity index (χ2n) is 7.59. The van der Waals surface area contributed by atoms with Crippen LogP contribution in [0.4, 0.5) is 11.4 Å². The average molecular weight is 571 g/mol. The second-order valence-corrected chi connectivity index (χ2v) is 8.85. The van der Waals surface area contributed by atoms with E-state index in [0.717, 1.165) is 17.2 Å². The van der Waals surface area contributed by atoms with E-state index < -0.39 is 10.8 Å². The summed E-state index contributed by atoms with van der Waals surface area (Å²) in [5, 5.41) is 23.2. The monoisotopic (exact) mass is 569 g/mol. The van der Waals surface area contributed by atoms with Crippen molar-refractivity contribution in [1.82, 2.24) is 0 Å². The molecule has 0 aliphatic carbocycles. The summed E-state index contributed by atoms with van der Waals surface area (Å²) >= 11 is 9.54. The maximum Gasteiger partial charge on any atom is 0.271 e. The zero-order valence-electron chi connectivity index (χ0n) is 19.4. The van der Waals surface area contributed by atoms with Crippen LogP contribution < -0.4 is 14.8 Å². The number of halogens is 2. The highest BCUT2D eigenvalue weighted by Gasteiger charge is 2.17. The van der Waals surface area contributed by atoms with Gasteiger partial charge in [0.15, 0.2) is 11.5 Å². The van der Waals surface area contributed by atoms with Crippen molar-refractivity contribution in [1.29, 1.82) is 5.26 Å². The van der Waals surface area contributed by atoms with Gasteiger partial charge in [0.2, 0.25) is 0 Å². The lowest BCUT2D eigenvalue weighted by atomic mass is 10.1. The Labute approximate surface area is 221 Å². The number of carbonyl (C=O) groups is 1. The number of rotatable bonds is 9. The maximum atomic E-state index is 12.7. The fourth-order valence-corrected chi connectivity index (χ4v) is 4.00. The van der Waals surface area contributed by atoms with Crippen molar-refractivity contribution in [2.24, 2.45) is 0 Å². The van der Waals surface area contributed by atoms with Gasteiger partial charge in [-0.3, -0.25) is 14.9 Å². The largest absolute Gasteiger partial charge is 0.490 e. The van der Waals surface area contributed by atoms with Crippen LogP contribution in [0.25, 0.3) is 6.08 Å².